The molecule has 1 aromatic heterocycles. The second kappa shape index (κ2) is 11.5. The monoisotopic (exact) mass is 513 g/mol. The summed E-state index contributed by atoms with van der Waals surface area (Å²) in [6, 6.07) is 26.3. The van der Waals surface area contributed by atoms with Crippen molar-refractivity contribution < 1.29 is 4.57 Å². The summed E-state index contributed by atoms with van der Waals surface area (Å²) in [4.78, 5) is 2.57. The molecule has 0 saturated carbocycles. The highest BCUT2D eigenvalue weighted by Crippen LogP contribution is 2.50. The first-order valence-corrected chi connectivity index (χ1v) is 14.3. The summed E-state index contributed by atoms with van der Waals surface area (Å²) in [6.07, 6.45) is 17.6. The maximum Gasteiger partial charge on any atom is 0.212 e. The zero-order valence-electron chi connectivity index (χ0n) is 24.1. The van der Waals surface area contributed by atoms with Gasteiger partial charge < -0.3 is 4.90 Å². The summed E-state index contributed by atoms with van der Waals surface area (Å²) in [5.74, 6) is 0.716. The van der Waals surface area contributed by atoms with Crippen LogP contribution in [-0.2, 0) is 12.5 Å². The van der Waals surface area contributed by atoms with E-state index in [2.05, 4.69) is 160 Å². The van der Waals surface area contributed by atoms with Gasteiger partial charge in [0.15, 0.2) is 0 Å². The van der Waals surface area contributed by atoms with Crippen LogP contribution in [0.4, 0.5) is 5.69 Å². The van der Waals surface area contributed by atoms with Crippen molar-refractivity contribution in [1.82, 2.24) is 0 Å². The molecule has 1 aliphatic heterocycles. The summed E-state index contributed by atoms with van der Waals surface area (Å²) in [5, 5.41) is 3.94. The second-order valence-corrected chi connectivity index (χ2v) is 11.3. The van der Waals surface area contributed by atoms with Crippen LogP contribution in [0.2, 0.25) is 0 Å². The molecule has 0 N–H and O–H groups in total. The largest absolute Gasteiger partial charge is 0.344 e. The van der Waals surface area contributed by atoms with E-state index in [4.69, 9.17) is 0 Å². The number of hydrogen-bond donors (Lipinski definition) is 0. The van der Waals surface area contributed by atoms with Gasteiger partial charge in [0.05, 0.1) is 0 Å². The number of rotatable bonds is 8. The average molecular weight is 514 g/mol. The van der Waals surface area contributed by atoms with Crippen LogP contribution < -0.4 is 9.47 Å². The highest BCUT2D eigenvalue weighted by Gasteiger charge is 2.40. The molecule has 1 aliphatic rings. The van der Waals surface area contributed by atoms with Crippen molar-refractivity contribution in [3.8, 4) is 0 Å². The molecule has 5 rings (SSSR count). The van der Waals surface area contributed by atoms with Crippen molar-refractivity contribution in [2.75, 3.05) is 11.4 Å². The minimum absolute atomic E-state index is 0.0650. The zero-order chi connectivity index (χ0) is 27.4. The number of para-hydroxylation sites is 1. The lowest BCUT2D eigenvalue weighted by atomic mass is 9.81. The zero-order valence-corrected chi connectivity index (χ0v) is 24.1. The van der Waals surface area contributed by atoms with Gasteiger partial charge >= 0.3 is 0 Å². The molecule has 0 saturated heterocycles. The minimum atomic E-state index is -0.0650. The Morgan fingerprint density at radius 3 is 2.33 bits per heavy atom. The van der Waals surface area contributed by atoms with Crippen molar-refractivity contribution in [3.05, 3.63) is 126 Å². The van der Waals surface area contributed by atoms with Gasteiger partial charge in [-0.25, -0.2) is 0 Å². The molecular formula is C37H41N2+. The minimum Gasteiger partial charge on any atom is -0.344 e. The fraction of sp³-hybridized carbons (Fsp3) is 0.270. The Kier molecular flexibility index (Phi) is 7.84. The van der Waals surface area contributed by atoms with Crippen molar-refractivity contribution >= 4 is 33.4 Å². The van der Waals surface area contributed by atoms with Gasteiger partial charge in [0, 0.05) is 46.9 Å². The summed E-state index contributed by atoms with van der Waals surface area (Å²) < 4.78 is 2.23. The Bertz CT molecular complexity index is 1600. The van der Waals surface area contributed by atoms with Gasteiger partial charge in [-0.05, 0) is 52.9 Å². The first kappa shape index (κ1) is 26.7. The van der Waals surface area contributed by atoms with E-state index in [1.807, 2.05) is 0 Å². The summed E-state index contributed by atoms with van der Waals surface area (Å²) in [7, 11) is 2.12. The van der Waals surface area contributed by atoms with E-state index >= 15 is 0 Å². The second-order valence-electron chi connectivity index (χ2n) is 11.3. The topological polar surface area (TPSA) is 7.12 Å². The lowest BCUT2D eigenvalue weighted by Gasteiger charge is -2.28. The van der Waals surface area contributed by atoms with Crippen LogP contribution in [-0.4, -0.2) is 6.54 Å². The quantitative estimate of drug-likeness (QED) is 0.168. The fourth-order valence-electron chi connectivity index (χ4n) is 5.85. The number of aromatic nitrogens is 1. The van der Waals surface area contributed by atoms with E-state index < -0.39 is 0 Å². The first-order valence-electron chi connectivity index (χ1n) is 14.3. The SMILES string of the molecule is CCC(C)CCN1/C(=C/C=C/C=C/C=C/c2ccc3ccccc3[n+]2C)C(C)(C)c2c1ccc1ccccc21. The molecular weight excluding hydrogens is 472 g/mol. The van der Waals surface area contributed by atoms with Gasteiger partial charge in [0.25, 0.3) is 0 Å². The third-order valence-electron chi connectivity index (χ3n) is 8.38. The van der Waals surface area contributed by atoms with Crippen LogP contribution in [0, 0.1) is 5.92 Å². The number of allylic oxidation sites excluding steroid dienone is 7. The summed E-state index contributed by atoms with van der Waals surface area (Å²) in [5.41, 5.74) is 6.54. The lowest BCUT2D eigenvalue weighted by molar-refractivity contribution is -0.646. The standard InChI is InChI=1S/C37H41N2/c1-6-28(2)26-27-39-34-25-23-29-16-12-14-19-32(29)36(34)37(3,4)35(39)21-11-9-7-8-10-18-31-24-22-30-17-13-15-20-33(30)38(31)5/h7-25,28H,6,26-27H2,1-5H3/q+1. The number of anilines is 1. The number of nitrogens with zero attached hydrogens (tertiary/aromatic N) is 2. The molecule has 0 fully saturated rings. The molecule has 1 atom stereocenters. The van der Waals surface area contributed by atoms with Crippen LogP contribution in [0.15, 0.2) is 115 Å². The third-order valence-corrected chi connectivity index (χ3v) is 8.38. The molecule has 0 aliphatic carbocycles. The number of hydrogen-bond acceptors (Lipinski definition) is 1. The third kappa shape index (κ3) is 5.34. The predicted molar refractivity (Wildman–Crippen MR) is 169 cm³/mol. The van der Waals surface area contributed by atoms with Gasteiger partial charge in [-0.3, -0.25) is 0 Å². The van der Waals surface area contributed by atoms with Gasteiger partial charge in [0.2, 0.25) is 11.2 Å². The molecule has 0 radical (unpaired) electrons. The van der Waals surface area contributed by atoms with E-state index in [1.165, 1.54) is 57.2 Å². The molecule has 1 unspecified atom stereocenters. The van der Waals surface area contributed by atoms with E-state index in [9.17, 15) is 0 Å². The van der Waals surface area contributed by atoms with E-state index in [0.717, 1.165) is 6.54 Å². The van der Waals surface area contributed by atoms with Gasteiger partial charge in [-0.1, -0.05) is 107 Å². The van der Waals surface area contributed by atoms with Gasteiger partial charge in [-0.15, -0.1) is 0 Å². The van der Waals surface area contributed by atoms with Gasteiger partial charge in [0.1, 0.15) is 7.05 Å². The van der Waals surface area contributed by atoms with Crippen LogP contribution in [0.25, 0.3) is 27.8 Å². The van der Waals surface area contributed by atoms with Gasteiger partial charge in [-0.2, -0.15) is 4.57 Å². The Labute approximate surface area is 234 Å². The molecule has 198 valence electrons. The van der Waals surface area contributed by atoms with E-state index in [1.54, 1.807) is 0 Å². The number of fused-ring (bicyclic) bond motifs is 4. The van der Waals surface area contributed by atoms with Crippen molar-refractivity contribution in [3.63, 3.8) is 0 Å². The van der Waals surface area contributed by atoms with E-state index in [0.29, 0.717) is 5.92 Å². The van der Waals surface area contributed by atoms with Crippen LogP contribution >= 0.6 is 0 Å². The maximum atomic E-state index is 2.57. The summed E-state index contributed by atoms with van der Waals surface area (Å²) in [6.45, 7) is 10.5. The molecule has 3 aromatic carbocycles. The van der Waals surface area contributed by atoms with Crippen molar-refractivity contribution in [2.24, 2.45) is 13.0 Å². The Hall–Kier alpha value is -3.91. The van der Waals surface area contributed by atoms with Crippen LogP contribution in [0.5, 0.6) is 0 Å². The van der Waals surface area contributed by atoms with Crippen molar-refractivity contribution in [2.45, 2.75) is 46.0 Å². The average Bonchev–Trinajstić information content (AvgIpc) is 3.17. The number of pyridine rings is 1. The number of aryl methyl sites for hydroxylation is 1. The Morgan fingerprint density at radius 1 is 0.821 bits per heavy atom. The highest BCUT2D eigenvalue weighted by molar-refractivity contribution is 5.94. The highest BCUT2D eigenvalue weighted by atomic mass is 15.2. The van der Waals surface area contributed by atoms with E-state index in [-0.39, 0.29) is 5.41 Å². The van der Waals surface area contributed by atoms with Crippen LogP contribution in [0.1, 0.15) is 51.8 Å². The lowest BCUT2D eigenvalue weighted by Crippen LogP contribution is -2.32. The molecule has 2 heteroatoms. The molecule has 39 heavy (non-hydrogen) atoms. The Morgan fingerprint density at radius 2 is 1.51 bits per heavy atom. The first-order chi connectivity index (χ1) is 18.9. The predicted octanol–water partition coefficient (Wildman–Crippen LogP) is 9.06. The molecule has 2 heterocycles. The maximum absolute atomic E-state index is 2.57. The number of benzene rings is 3. The molecule has 0 spiro atoms. The molecule has 0 amide bonds. The normalized spacial score (nSPS) is 16.9. The molecule has 4 aromatic rings. The smallest absolute Gasteiger partial charge is 0.212 e. The molecule has 2 nitrogen and oxygen atoms in total. The Balaban J connectivity index is 1.38. The summed E-state index contributed by atoms with van der Waals surface area (Å²) >= 11 is 0. The van der Waals surface area contributed by atoms with Crippen molar-refractivity contribution in [1.29, 1.82) is 0 Å². The van der Waals surface area contributed by atoms with Crippen LogP contribution in [0.3, 0.4) is 0 Å². The molecule has 0 bridgehead atoms. The fourth-order valence-corrected chi connectivity index (χ4v) is 5.85.